The number of hydrogen-bond donors (Lipinski definition) is 1. The van der Waals surface area contributed by atoms with Crippen LogP contribution in [0.25, 0.3) is 27.9 Å². The van der Waals surface area contributed by atoms with E-state index in [1.165, 1.54) is 12.1 Å². The van der Waals surface area contributed by atoms with Gasteiger partial charge in [-0.1, -0.05) is 6.07 Å². The summed E-state index contributed by atoms with van der Waals surface area (Å²) in [6.45, 7) is 1.03. The van der Waals surface area contributed by atoms with Gasteiger partial charge in [0.2, 0.25) is 11.9 Å². The van der Waals surface area contributed by atoms with Gasteiger partial charge < -0.3 is 10.2 Å². The molecule has 1 fully saturated rings. The Labute approximate surface area is 188 Å². The van der Waals surface area contributed by atoms with Gasteiger partial charge in [-0.15, -0.1) is 0 Å². The van der Waals surface area contributed by atoms with Gasteiger partial charge in [-0.25, -0.2) is 9.37 Å². The number of nitrogens with zero attached hydrogens (tertiary/aromatic N) is 4. The van der Waals surface area contributed by atoms with Crippen molar-refractivity contribution in [3.63, 3.8) is 0 Å². The van der Waals surface area contributed by atoms with E-state index in [2.05, 4.69) is 10.3 Å². The molecule has 2 aliphatic rings. The molecule has 2 aromatic carbocycles. The van der Waals surface area contributed by atoms with Gasteiger partial charge in [0.25, 0.3) is 0 Å². The monoisotopic (exact) mass is 441 g/mol. The fraction of sp³-hybridized carbons (Fsp3) is 0.200. The molecule has 0 bridgehead atoms. The van der Waals surface area contributed by atoms with Gasteiger partial charge >= 0.3 is 0 Å². The van der Waals surface area contributed by atoms with Crippen LogP contribution >= 0.6 is 0 Å². The number of fused-ring (bicyclic) bond motifs is 2. The van der Waals surface area contributed by atoms with Crippen LogP contribution in [0.1, 0.15) is 18.4 Å². The van der Waals surface area contributed by atoms with Crippen molar-refractivity contribution in [3.05, 3.63) is 66.1 Å². The normalized spacial score (nSPS) is 15.7. The summed E-state index contributed by atoms with van der Waals surface area (Å²) in [4.78, 5) is 30.5. The van der Waals surface area contributed by atoms with Crippen LogP contribution in [0.3, 0.4) is 0 Å². The fourth-order valence-corrected chi connectivity index (χ4v) is 4.67. The number of nitrogens with one attached hydrogen (secondary N) is 1. The third-order valence-electron chi connectivity index (χ3n) is 6.20. The molecular weight excluding hydrogens is 421 g/mol. The van der Waals surface area contributed by atoms with E-state index >= 15 is 0 Å². The van der Waals surface area contributed by atoms with Gasteiger partial charge in [-0.2, -0.15) is 9.61 Å². The van der Waals surface area contributed by atoms with Crippen LogP contribution in [0.2, 0.25) is 0 Å². The van der Waals surface area contributed by atoms with Crippen LogP contribution in [0.4, 0.5) is 16.0 Å². The second kappa shape index (κ2) is 7.51. The van der Waals surface area contributed by atoms with Gasteiger partial charge in [-0.3, -0.25) is 9.59 Å². The van der Waals surface area contributed by atoms with Crippen molar-refractivity contribution in [1.29, 1.82) is 0 Å². The summed E-state index contributed by atoms with van der Waals surface area (Å²) in [6, 6.07) is 14.0. The lowest BCUT2D eigenvalue weighted by atomic mass is 9.97. The molecular formula is C25H20FN5O2. The van der Waals surface area contributed by atoms with Crippen molar-refractivity contribution in [3.8, 4) is 22.4 Å². The van der Waals surface area contributed by atoms with E-state index < -0.39 is 0 Å². The lowest BCUT2D eigenvalue weighted by Crippen LogP contribution is -2.37. The van der Waals surface area contributed by atoms with Crippen LogP contribution in [0.15, 0.2) is 54.7 Å². The molecule has 0 unspecified atom stereocenters. The van der Waals surface area contributed by atoms with Gasteiger partial charge in [0, 0.05) is 36.0 Å². The first-order valence-electron chi connectivity index (χ1n) is 10.9. The quantitative estimate of drug-likeness (QED) is 0.522. The van der Waals surface area contributed by atoms with Crippen molar-refractivity contribution in [2.24, 2.45) is 0 Å². The van der Waals surface area contributed by atoms with E-state index in [1.807, 2.05) is 29.2 Å². The summed E-state index contributed by atoms with van der Waals surface area (Å²) in [6.07, 6.45) is 3.42. The van der Waals surface area contributed by atoms with Crippen LogP contribution in [0, 0.1) is 5.82 Å². The number of rotatable bonds is 3. The Morgan fingerprint density at radius 1 is 1.00 bits per heavy atom. The molecule has 4 heterocycles. The highest BCUT2D eigenvalue weighted by Crippen LogP contribution is 2.38. The molecule has 1 saturated heterocycles. The molecule has 1 N–H and O–H groups in total. The molecule has 7 nitrogen and oxygen atoms in total. The maximum atomic E-state index is 13.6. The van der Waals surface area contributed by atoms with Crippen molar-refractivity contribution in [2.75, 3.05) is 23.3 Å². The lowest BCUT2D eigenvalue weighted by Gasteiger charge is -2.26. The Morgan fingerprint density at radius 2 is 1.82 bits per heavy atom. The first kappa shape index (κ1) is 19.6. The summed E-state index contributed by atoms with van der Waals surface area (Å²) in [5.41, 5.74) is 5.81. The second-order valence-corrected chi connectivity index (χ2v) is 8.43. The SMILES string of the molecule is O=C1CCCN(c2nccc3c(-c4ccc5c(c4)CC(=O)N5)c(-c4ccc(F)cc4)nn23)C1. The first-order valence-corrected chi connectivity index (χ1v) is 10.9. The Bertz CT molecular complexity index is 1430. The van der Waals surface area contributed by atoms with E-state index in [0.717, 1.165) is 46.4 Å². The Morgan fingerprint density at radius 3 is 2.64 bits per heavy atom. The topological polar surface area (TPSA) is 79.6 Å². The number of carbonyl (C=O) groups excluding carboxylic acids is 2. The predicted molar refractivity (Wildman–Crippen MR) is 123 cm³/mol. The van der Waals surface area contributed by atoms with Crippen molar-refractivity contribution < 1.29 is 14.0 Å². The maximum absolute atomic E-state index is 13.6. The number of hydrogen-bond acceptors (Lipinski definition) is 5. The number of amides is 1. The maximum Gasteiger partial charge on any atom is 0.228 e. The predicted octanol–water partition coefficient (Wildman–Crippen LogP) is 3.87. The molecule has 33 heavy (non-hydrogen) atoms. The van der Waals surface area contributed by atoms with Gasteiger partial charge in [0.1, 0.15) is 11.5 Å². The average Bonchev–Trinajstić information content (AvgIpc) is 3.38. The molecule has 4 aromatic rings. The van der Waals surface area contributed by atoms with Crippen LogP contribution in [-0.4, -0.2) is 39.4 Å². The highest BCUT2D eigenvalue weighted by atomic mass is 19.1. The average molecular weight is 441 g/mol. The smallest absolute Gasteiger partial charge is 0.228 e. The van der Waals surface area contributed by atoms with Gasteiger partial charge in [0.15, 0.2) is 5.78 Å². The molecule has 0 atom stereocenters. The summed E-state index contributed by atoms with van der Waals surface area (Å²) < 4.78 is 15.4. The van der Waals surface area contributed by atoms with Crippen molar-refractivity contribution >= 4 is 28.8 Å². The lowest BCUT2D eigenvalue weighted by molar-refractivity contribution is -0.118. The minimum Gasteiger partial charge on any atom is -0.333 e. The zero-order valence-corrected chi connectivity index (χ0v) is 17.7. The first-order chi connectivity index (χ1) is 16.1. The van der Waals surface area contributed by atoms with Gasteiger partial charge in [0.05, 0.1) is 18.5 Å². The third kappa shape index (κ3) is 3.34. The third-order valence-corrected chi connectivity index (χ3v) is 6.20. The number of Topliss-reactive ketones (excluding diaryl/α,β-unsaturated/α-hetero) is 1. The molecule has 0 aliphatic carbocycles. The molecule has 0 saturated carbocycles. The number of ketones is 1. The molecule has 6 rings (SSSR count). The van der Waals surface area contributed by atoms with E-state index in [4.69, 9.17) is 5.10 Å². The highest BCUT2D eigenvalue weighted by Gasteiger charge is 2.25. The molecule has 164 valence electrons. The number of piperidine rings is 1. The Kier molecular flexibility index (Phi) is 4.46. The number of aromatic nitrogens is 3. The van der Waals surface area contributed by atoms with E-state index in [0.29, 0.717) is 31.0 Å². The fourth-order valence-electron chi connectivity index (χ4n) is 4.67. The molecule has 2 aliphatic heterocycles. The number of benzene rings is 2. The summed E-state index contributed by atoms with van der Waals surface area (Å²) in [7, 11) is 0. The summed E-state index contributed by atoms with van der Waals surface area (Å²) in [5.74, 6) is 0.442. The zero-order valence-electron chi connectivity index (χ0n) is 17.7. The Hall–Kier alpha value is -4.07. The zero-order chi connectivity index (χ0) is 22.5. The number of anilines is 2. The number of halogens is 1. The van der Waals surface area contributed by atoms with Crippen molar-refractivity contribution in [1.82, 2.24) is 14.6 Å². The molecule has 0 spiro atoms. The van der Waals surface area contributed by atoms with E-state index in [1.54, 1.807) is 22.8 Å². The molecule has 1 amide bonds. The standard InChI is InChI=1S/C25H20FN5O2/c26-18-6-3-15(4-7-18)24-23(16-5-8-20-17(12-16)13-22(33)28-20)21-9-10-27-25(31(21)29-24)30-11-1-2-19(32)14-30/h3-10,12H,1-2,11,13-14H2,(H,28,33). The minimum absolute atomic E-state index is 0.0259. The summed E-state index contributed by atoms with van der Waals surface area (Å²) >= 11 is 0. The largest absolute Gasteiger partial charge is 0.333 e. The number of carbonyl (C=O) groups is 2. The van der Waals surface area contributed by atoms with Crippen LogP contribution in [-0.2, 0) is 16.0 Å². The van der Waals surface area contributed by atoms with E-state index in [9.17, 15) is 14.0 Å². The summed E-state index contributed by atoms with van der Waals surface area (Å²) in [5, 5.41) is 7.76. The van der Waals surface area contributed by atoms with Crippen LogP contribution in [0.5, 0.6) is 0 Å². The van der Waals surface area contributed by atoms with E-state index in [-0.39, 0.29) is 17.5 Å². The second-order valence-electron chi connectivity index (χ2n) is 8.43. The molecule has 0 radical (unpaired) electrons. The molecule has 8 heteroatoms. The van der Waals surface area contributed by atoms with Crippen LogP contribution < -0.4 is 10.2 Å². The Balaban J connectivity index is 1.58. The molecule has 2 aromatic heterocycles. The van der Waals surface area contributed by atoms with Crippen molar-refractivity contribution in [2.45, 2.75) is 19.3 Å². The van der Waals surface area contributed by atoms with Gasteiger partial charge in [-0.05, 0) is 60.0 Å². The highest BCUT2D eigenvalue weighted by molar-refractivity contribution is 6.01. The minimum atomic E-state index is -0.319.